The molecule has 0 aromatic heterocycles. The first-order valence-corrected chi connectivity index (χ1v) is 3.66. The molecule has 9 heavy (non-hydrogen) atoms. The van der Waals surface area contributed by atoms with Crippen molar-refractivity contribution < 1.29 is 0 Å². The van der Waals surface area contributed by atoms with Crippen molar-refractivity contribution in [3.05, 3.63) is 0 Å². The fourth-order valence-corrected chi connectivity index (χ4v) is 0.871. The first-order valence-electron chi connectivity index (χ1n) is 3.26. The Morgan fingerprint density at radius 2 is 2.11 bits per heavy atom. The van der Waals surface area contributed by atoms with Crippen LogP contribution in [0.5, 0.6) is 0 Å². The van der Waals surface area contributed by atoms with E-state index in [1.54, 1.807) is 4.31 Å². The van der Waals surface area contributed by atoms with Crippen LogP contribution in [-0.4, -0.2) is 16.7 Å². The van der Waals surface area contributed by atoms with Gasteiger partial charge >= 0.3 is 0 Å². The summed E-state index contributed by atoms with van der Waals surface area (Å²) in [5.41, 5.74) is 0. The van der Waals surface area contributed by atoms with Gasteiger partial charge in [0.1, 0.15) is 5.84 Å². The standard InChI is InChI=1S/C6H14N2S/c1-3-5-8(9)6(7)4-2/h7,9H,3-5H2,1-2H3. The summed E-state index contributed by atoms with van der Waals surface area (Å²) in [6, 6.07) is 0. The van der Waals surface area contributed by atoms with Crippen LogP contribution in [0.2, 0.25) is 0 Å². The molecule has 0 bridgehead atoms. The number of nitrogens with zero attached hydrogens (tertiary/aromatic N) is 1. The maximum absolute atomic E-state index is 7.30. The molecule has 0 aliphatic rings. The molecule has 0 fully saturated rings. The molecule has 0 saturated heterocycles. The Balaban J connectivity index is 3.45. The second-order valence-corrected chi connectivity index (χ2v) is 2.41. The lowest BCUT2D eigenvalue weighted by atomic mass is 10.4. The summed E-state index contributed by atoms with van der Waals surface area (Å²) in [5, 5.41) is 7.30. The van der Waals surface area contributed by atoms with Gasteiger partial charge in [0.25, 0.3) is 0 Å². The smallest absolute Gasteiger partial charge is 0.105 e. The largest absolute Gasteiger partial charge is 0.307 e. The van der Waals surface area contributed by atoms with Crippen molar-refractivity contribution in [2.45, 2.75) is 26.7 Å². The minimum Gasteiger partial charge on any atom is -0.307 e. The Bertz CT molecular complexity index is 93.1. The van der Waals surface area contributed by atoms with E-state index in [0.717, 1.165) is 19.4 Å². The van der Waals surface area contributed by atoms with Gasteiger partial charge in [-0.1, -0.05) is 26.7 Å². The van der Waals surface area contributed by atoms with Gasteiger partial charge < -0.3 is 4.31 Å². The lowest BCUT2D eigenvalue weighted by molar-refractivity contribution is 0.642. The van der Waals surface area contributed by atoms with Crippen LogP contribution in [0.3, 0.4) is 0 Å². The zero-order chi connectivity index (χ0) is 7.28. The van der Waals surface area contributed by atoms with Gasteiger partial charge in [-0.05, 0) is 6.42 Å². The first kappa shape index (κ1) is 8.82. The van der Waals surface area contributed by atoms with E-state index in [9.17, 15) is 0 Å². The van der Waals surface area contributed by atoms with Gasteiger partial charge in [0.15, 0.2) is 0 Å². The molecule has 0 unspecified atom stereocenters. The van der Waals surface area contributed by atoms with Crippen molar-refractivity contribution in [1.29, 1.82) is 5.41 Å². The average molecular weight is 146 g/mol. The number of rotatable bonds is 3. The lowest BCUT2D eigenvalue weighted by Crippen LogP contribution is -2.20. The van der Waals surface area contributed by atoms with E-state index in [1.807, 2.05) is 6.92 Å². The third-order valence-corrected chi connectivity index (χ3v) is 1.52. The van der Waals surface area contributed by atoms with Crippen LogP contribution in [0.15, 0.2) is 0 Å². The molecule has 2 nitrogen and oxygen atoms in total. The fourth-order valence-electron chi connectivity index (χ4n) is 0.529. The molecule has 0 aromatic carbocycles. The zero-order valence-electron chi connectivity index (χ0n) is 6.02. The summed E-state index contributed by atoms with van der Waals surface area (Å²) in [6.45, 7) is 4.91. The van der Waals surface area contributed by atoms with Gasteiger partial charge in [-0.2, -0.15) is 0 Å². The van der Waals surface area contributed by atoms with Crippen LogP contribution >= 0.6 is 12.8 Å². The zero-order valence-corrected chi connectivity index (χ0v) is 6.91. The third-order valence-electron chi connectivity index (χ3n) is 1.08. The maximum Gasteiger partial charge on any atom is 0.105 e. The quantitative estimate of drug-likeness (QED) is 0.355. The molecule has 0 saturated carbocycles. The van der Waals surface area contributed by atoms with Crippen LogP contribution in [0.4, 0.5) is 0 Å². The molecule has 3 heteroatoms. The summed E-state index contributed by atoms with van der Waals surface area (Å²) < 4.78 is 1.68. The van der Waals surface area contributed by atoms with E-state index >= 15 is 0 Å². The number of nitrogens with one attached hydrogen (secondary N) is 1. The highest BCUT2D eigenvalue weighted by molar-refractivity contribution is 7.78. The molecule has 54 valence electrons. The van der Waals surface area contributed by atoms with Gasteiger partial charge in [0.05, 0.1) is 0 Å². The van der Waals surface area contributed by atoms with E-state index in [2.05, 4.69) is 19.7 Å². The minimum atomic E-state index is 0.597. The molecule has 0 heterocycles. The third kappa shape index (κ3) is 3.40. The van der Waals surface area contributed by atoms with E-state index in [4.69, 9.17) is 5.41 Å². The molecule has 0 aliphatic heterocycles. The van der Waals surface area contributed by atoms with Crippen LogP contribution in [-0.2, 0) is 0 Å². The van der Waals surface area contributed by atoms with E-state index in [0.29, 0.717) is 5.84 Å². The highest BCUT2D eigenvalue weighted by Crippen LogP contribution is 1.98. The topological polar surface area (TPSA) is 27.1 Å². The van der Waals surface area contributed by atoms with Crippen molar-refractivity contribution in [3.8, 4) is 0 Å². The number of thiol groups is 1. The van der Waals surface area contributed by atoms with Gasteiger partial charge in [-0.3, -0.25) is 5.41 Å². The summed E-state index contributed by atoms with van der Waals surface area (Å²) >= 11 is 4.09. The highest BCUT2D eigenvalue weighted by atomic mass is 32.1. The second-order valence-electron chi connectivity index (χ2n) is 1.92. The summed E-state index contributed by atoms with van der Waals surface area (Å²) in [7, 11) is 0. The molecule has 0 aliphatic carbocycles. The Morgan fingerprint density at radius 1 is 1.56 bits per heavy atom. The van der Waals surface area contributed by atoms with Crippen molar-refractivity contribution in [2.24, 2.45) is 0 Å². The van der Waals surface area contributed by atoms with Gasteiger partial charge in [-0.25, -0.2) is 0 Å². The van der Waals surface area contributed by atoms with E-state index < -0.39 is 0 Å². The van der Waals surface area contributed by atoms with Crippen LogP contribution in [0.25, 0.3) is 0 Å². The molecule has 1 N–H and O–H groups in total. The van der Waals surface area contributed by atoms with Crippen LogP contribution in [0, 0.1) is 5.41 Å². The lowest BCUT2D eigenvalue weighted by Gasteiger charge is -2.15. The number of hydrogen-bond acceptors (Lipinski definition) is 2. The number of hydrogen-bond donors (Lipinski definition) is 2. The number of amidine groups is 1. The van der Waals surface area contributed by atoms with E-state index in [1.165, 1.54) is 0 Å². The van der Waals surface area contributed by atoms with Crippen LogP contribution in [0.1, 0.15) is 26.7 Å². The van der Waals surface area contributed by atoms with Crippen molar-refractivity contribution in [1.82, 2.24) is 4.31 Å². The summed E-state index contributed by atoms with van der Waals surface area (Å²) in [4.78, 5) is 0. The maximum atomic E-state index is 7.30. The highest BCUT2D eigenvalue weighted by Gasteiger charge is 1.98. The van der Waals surface area contributed by atoms with Crippen molar-refractivity contribution in [2.75, 3.05) is 6.54 Å². The Morgan fingerprint density at radius 3 is 2.44 bits per heavy atom. The normalized spacial score (nSPS) is 9.22. The SMILES string of the molecule is CCCN(S)C(=N)CC. The molecule has 0 aromatic rings. The van der Waals surface area contributed by atoms with Gasteiger partial charge in [0.2, 0.25) is 0 Å². The Labute approximate surface area is 62.3 Å². The molecular formula is C6H14N2S. The second kappa shape index (κ2) is 4.68. The Kier molecular flexibility index (Phi) is 4.58. The average Bonchev–Trinajstić information content (AvgIpc) is 1.87. The van der Waals surface area contributed by atoms with Crippen molar-refractivity contribution >= 4 is 18.7 Å². The first-order chi connectivity index (χ1) is 4.22. The molecule has 0 atom stereocenters. The fraction of sp³-hybridized carbons (Fsp3) is 0.833. The molecular weight excluding hydrogens is 132 g/mol. The minimum absolute atomic E-state index is 0.597. The Hall–Kier alpha value is -0.180. The van der Waals surface area contributed by atoms with Crippen LogP contribution < -0.4 is 0 Å². The van der Waals surface area contributed by atoms with Gasteiger partial charge in [-0.15, -0.1) is 0 Å². The van der Waals surface area contributed by atoms with E-state index in [-0.39, 0.29) is 0 Å². The monoisotopic (exact) mass is 146 g/mol. The summed E-state index contributed by atoms with van der Waals surface area (Å²) in [5.74, 6) is 0.597. The molecule has 0 radical (unpaired) electrons. The summed E-state index contributed by atoms with van der Waals surface area (Å²) in [6.07, 6.45) is 1.81. The predicted molar refractivity (Wildman–Crippen MR) is 44.0 cm³/mol. The van der Waals surface area contributed by atoms with Crippen molar-refractivity contribution in [3.63, 3.8) is 0 Å². The molecule has 0 amide bonds. The predicted octanol–water partition coefficient (Wildman–Crippen LogP) is 1.93. The molecule has 0 spiro atoms. The molecule has 0 rings (SSSR count). The van der Waals surface area contributed by atoms with Gasteiger partial charge in [0, 0.05) is 13.0 Å².